The highest BCUT2D eigenvalue weighted by molar-refractivity contribution is 5.11. The van der Waals surface area contributed by atoms with Gasteiger partial charge in [-0.25, -0.2) is 0 Å². The molecule has 2 heterocycles. The van der Waals surface area contributed by atoms with Gasteiger partial charge in [0.2, 0.25) is 0 Å². The molecule has 86 valence electrons. The van der Waals surface area contributed by atoms with Gasteiger partial charge in [0, 0.05) is 12.4 Å². The van der Waals surface area contributed by atoms with Crippen molar-refractivity contribution in [3.05, 3.63) is 41.9 Å². The summed E-state index contributed by atoms with van der Waals surface area (Å²) in [5.74, 6) is 0.750. The number of pyridine rings is 1. The fourth-order valence-electron chi connectivity index (χ4n) is 1.80. The summed E-state index contributed by atoms with van der Waals surface area (Å²) in [5, 5.41) is 9.93. The highest BCUT2D eigenvalue weighted by atomic mass is 16.5. The molecular weight excluding hydrogens is 202 g/mol. The standard InChI is InChI=1S/C13H17NO2/c15-12(13-3-1-2-10-16-13)5-4-11-6-8-14-9-7-11/h3,6-9,12,15H,1-2,4-5,10H2. The molecule has 1 atom stereocenters. The fraction of sp³-hybridized carbons (Fsp3) is 0.462. The average molecular weight is 219 g/mol. The zero-order valence-corrected chi connectivity index (χ0v) is 9.30. The molecule has 0 radical (unpaired) electrons. The summed E-state index contributed by atoms with van der Waals surface area (Å²) >= 11 is 0. The number of rotatable bonds is 4. The zero-order chi connectivity index (χ0) is 11.2. The molecule has 2 rings (SSSR count). The highest BCUT2D eigenvalue weighted by Gasteiger charge is 2.14. The number of hydrogen-bond donors (Lipinski definition) is 1. The van der Waals surface area contributed by atoms with E-state index in [2.05, 4.69) is 4.98 Å². The SMILES string of the molecule is OC(CCc1ccncc1)C1=CCCCO1. The molecule has 1 aliphatic heterocycles. The molecule has 0 amide bonds. The number of nitrogens with zero attached hydrogens (tertiary/aromatic N) is 1. The van der Waals surface area contributed by atoms with E-state index < -0.39 is 6.10 Å². The van der Waals surface area contributed by atoms with Crippen LogP contribution in [0.25, 0.3) is 0 Å². The zero-order valence-electron chi connectivity index (χ0n) is 9.30. The second kappa shape index (κ2) is 5.66. The van der Waals surface area contributed by atoms with Crippen molar-refractivity contribution < 1.29 is 9.84 Å². The Morgan fingerprint density at radius 3 is 2.88 bits per heavy atom. The lowest BCUT2D eigenvalue weighted by atomic mass is 10.1. The third-order valence-corrected chi connectivity index (χ3v) is 2.75. The Hall–Kier alpha value is -1.35. The van der Waals surface area contributed by atoms with Crippen molar-refractivity contribution >= 4 is 0 Å². The minimum Gasteiger partial charge on any atom is -0.496 e. The fourth-order valence-corrected chi connectivity index (χ4v) is 1.80. The Morgan fingerprint density at radius 1 is 1.38 bits per heavy atom. The molecule has 0 aromatic carbocycles. The third kappa shape index (κ3) is 3.07. The van der Waals surface area contributed by atoms with Crippen LogP contribution in [0, 0.1) is 0 Å². The van der Waals surface area contributed by atoms with Gasteiger partial charge in [-0.2, -0.15) is 0 Å². The van der Waals surface area contributed by atoms with Crippen LogP contribution >= 0.6 is 0 Å². The average Bonchev–Trinajstić information content (AvgIpc) is 2.38. The molecule has 3 nitrogen and oxygen atoms in total. The normalized spacial score (nSPS) is 17.4. The van der Waals surface area contributed by atoms with Gasteiger partial charge in [0.1, 0.15) is 11.9 Å². The molecule has 1 unspecified atom stereocenters. The summed E-state index contributed by atoms with van der Waals surface area (Å²) in [7, 11) is 0. The van der Waals surface area contributed by atoms with Gasteiger partial charge in [0.05, 0.1) is 6.61 Å². The lowest BCUT2D eigenvalue weighted by Crippen LogP contribution is -2.17. The minimum atomic E-state index is -0.464. The molecule has 0 bridgehead atoms. The van der Waals surface area contributed by atoms with Crippen molar-refractivity contribution in [2.24, 2.45) is 0 Å². The Morgan fingerprint density at radius 2 is 2.19 bits per heavy atom. The Balaban J connectivity index is 1.83. The van der Waals surface area contributed by atoms with Crippen LogP contribution < -0.4 is 0 Å². The van der Waals surface area contributed by atoms with E-state index in [0.717, 1.165) is 31.6 Å². The van der Waals surface area contributed by atoms with E-state index in [1.807, 2.05) is 18.2 Å². The van der Waals surface area contributed by atoms with E-state index in [-0.39, 0.29) is 0 Å². The second-order valence-corrected chi connectivity index (χ2v) is 4.01. The monoisotopic (exact) mass is 219 g/mol. The first-order chi connectivity index (χ1) is 7.86. The van der Waals surface area contributed by atoms with Crippen LogP contribution in [0.1, 0.15) is 24.8 Å². The number of aliphatic hydroxyl groups excluding tert-OH is 1. The van der Waals surface area contributed by atoms with Crippen LogP contribution in [-0.4, -0.2) is 22.8 Å². The summed E-state index contributed by atoms with van der Waals surface area (Å²) in [6.45, 7) is 0.734. The molecule has 3 heteroatoms. The molecule has 1 aliphatic rings. The minimum absolute atomic E-state index is 0.464. The maximum absolute atomic E-state index is 9.93. The Labute approximate surface area is 95.8 Å². The van der Waals surface area contributed by atoms with Gasteiger partial charge < -0.3 is 9.84 Å². The van der Waals surface area contributed by atoms with Crippen molar-refractivity contribution in [2.45, 2.75) is 31.8 Å². The lowest BCUT2D eigenvalue weighted by molar-refractivity contribution is 0.0869. The summed E-state index contributed by atoms with van der Waals surface area (Å²) < 4.78 is 5.43. The van der Waals surface area contributed by atoms with Crippen molar-refractivity contribution in [1.29, 1.82) is 0 Å². The molecule has 0 spiro atoms. The molecule has 0 aliphatic carbocycles. The first-order valence-corrected chi connectivity index (χ1v) is 5.76. The molecule has 0 saturated carbocycles. The second-order valence-electron chi connectivity index (χ2n) is 4.01. The molecule has 1 aromatic rings. The van der Waals surface area contributed by atoms with E-state index in [9.17, 15) is 5.11 Å². The number of aryl methyl sites for hydroxylation is 1. The van der Waals surface area contributed by atoms with Crippen molar-refractivity contribution in [1.82, 2.24) is 4.98 Å². The van der Waals surface area contributed by atoms with E-state index in [1.165, 1.54) is 5.56 Å². The molecular formula is C13H17NO2. The number of allylic oxidation sites excluding steroid dienone is 1. The van der Waals surface area contributed by atoms with Gasteiger partial charge in [-0.3, -0.25) is 4.98 Å². The van der Waals surface area contributed by atoms with Crippen molar-refractivity contribution in [2.75, 3.05) is 6.61 Å². The van der Waals surface area contributed by atoms with Gasteiger partial charge in [-0.15, -0.1) is 0 Å². The topological polar surface area (TPSA) is 42.4 Å². The first-order valence-electron chi connectivity index (χ1n) is 5.76. The number of ether oxygens (including phenoxy) is 1. The van der Waals surface area contributed by atoms with Crippen LogP contribution in [-0.2, 0) is 11.2 Å². The van der Waals surface area contributed by atoms with Gasteiger partial charge in [0.25, 0.3) is 0 Å². The smallest absolute Gasteiger partial charge is 0.120 e. The Bertz CT molecular complexity index is 348. The van der Waals surface area contributed by atoms with Gasteiger partial charge in [0.15, 0.2) is 0 Å². The summed E-state index contributed by atoms with van der Waals surface area (Å²) in [5.41, 5.74) is 1.20. The Kier molecular flexibility index (Phi) is 3.94. The maximum Gasteiger partial charge on any atom is 0.120 e. The molecule has 1 aromatic heterocycles. The van der Waals surface area contributed by atoms with Crippen LogP contribution in [0.5, 0.6) is 0 Å². The lowest BCUT2D eigenvalue weighted by Gasteiger charge is -2.19. The van der Waals surface area contributed by atoms with Crippen LogP contribution in [0.2, 0.25) is 0 Å². The molecule has 16 heavy (non-hydrogen) atoms. The van der Waals surface area contributed by atoms with Gasteiger partial charge in [-0.1, -0.05) is 0 Å². The summed E-state index contributed by atoms with van der Waals surface area (Å²) in [6.07, 6.45) is 8.72. The van der Waals surface area contributed by atoms with Crippen LogP contribution in [0.15, 0.2) is 36.4 Å². The number of aromatic nitrogens is 1. The van der Waals surface area contributed by atoms with Gasteiger partial charge >= 0.3 is 0 Å². The van der Waals surface area contributed by atoms with E-state index in [4.69, 9.17) is 4.74 Å². The maximum atomic E-state index is 9.93. The van der Waals surface area contributed by atoms with Crippen LogP contribution in [0.4, 0.5) is 0 Å². The van der Waals surface area contributed by atoms with Gasteiger partial charge in [-0.05, 0) is 49.5 Å². The number of hydrogen-bond acceptors (Lipinski definition) is 3. The van der Waals surface area contributed by atoms with E-state index in [0.29, 0.717) is 6.42 Å². The van der Waals surface area contributed by atoms with Crippen molar-refractivity contribution in [3.8, 4) is 0 Å². The molecule has 0 saturated heterocycles. The van der Waals surface area contributed by atoms with Crippen molar-refractivity contribution in [3.63, 3.8) is 0 Å². The van der Waals surface area contributed by atoms with E-state index in [1.54, 1.807) is 12.4 Å². The summed E-state index contributed by atoms with van der Waals surface area (Å²) in [4.78, 5) is 3.96. The van der Waals surface area contributed by atoms with E-state index >= 15 is 0 Å². The largest absolute Gasteiger partial charge is 0.496 e. The molecule has 1 N–H and O–H groups in total. The third-order valence-electron chi connectivity index (χ3n) is 2.75. The predicted octanol–water partition coefficient (Wildman–Crippen LogP) is 2.07. The first kappa shape index (κ1) is 11.1. The van der Waals surface area contributed by atoms with Crippen LogP contribution in [0.3, 0.4) is 0 Å². The predicted molar refractivity (Wildman–Crippen MR) is 61.8 cm³/mol. The quantitative estimate of drug-likeness (QED) is 0.843. The molecule has 0 fully saturated rings. The summed E-state index contributed by atoms with van der Waals surface area (Å²) in [6, 6.07) is 3.95. The highest BCUT2D eigenvalue weighted by Crippen LogP contribution is 2.17. The number of aliphatic hydroxyl groups is 1.